The average molecular weight is 294 g/mol. The molecule has 2 rings (SSSR count). The van der Waals surface area contributed by atoms with Gasteiger partial charge in [-0.25, -0.2) is 0 Å². The lowest BCUT2D eigenvalue weighted by Crippen LogP contribution is -2.23. The summed E-state index contributed by atoms with van der Waals surface area (Å²) in [6.07, 6.45) is 0. The third-order valence-electron chi connectivity index (χ3n) is 2.83. The van der Waals surface area contributed by atoms with Gasteiger partial charge >= 0.3 is 0 Å². The van der Waals surface area contributed by atoms with Crippen molar-refractivity contribution in [2.45, 2.75) is 13.5 Å². The fraction of sp³-hybridized carbons (Fsp3) is 0.133. The van der Waals surface area contributed by atoms with Crippen molar-refractivity contribution in [1.82, 2.24) is 5.32 Å². The molecule has 1 N–H and O–H groups in total. The van der Waals surface area contributed by atoms with E-state index in [1.54, 1.807) is 18.2 Å². The molecule has 1 amide bonds. The lowest BCUT2D eigenvalue weighted by Gasteiger charge is -2.08. The Morgan fingerprint density at radius 2 is 1.74 bits per heavy atom. The van der Waals surface area contributed by atoms with Crippen LogP contribution in [-0.2, 0) is 6.54 Å². The molecule has 0 heterocycles. The molecule has 0 fully saturated rings. The molecule has 0 aliphatic carbocycles. The van der Waals surface area contributed by atoms with Crippen LogP contribution in [0.5, 0.6) is 0 Å². The number of carbonyl (C=O) groups is 1. The molecular formula is C15H13Cl2NO. The summed E-state index contributed by atoms with van der Waals surface area (Å²) < 4.78 is 0. The van der Waals surface area contributed by atoms with Gasteiger partial charge in [-0.05, 0) is 36.2 Å². The summed E-state index contributed by atoms with van der Waals surface area (Å²) in [4.78, 5) is 12.0. The van der Waals surface area contributed by atoms with Crippen LogP contribution in [-0.4, -0.2) is 5.91 Å². The summed E-state index contributed by atoms with van der Waals surface area (Å²) >= 11 is 11.7. The van der Waals surface area contributed by atoms with E-state index in [1.165, 1.54) is 0 Å². The second-order valence-corrected chi connectivity index (χ2v) is 5.14. The third kappa shape index (κ3) is 3.72. The highest BCUT2D eigenvalue weighted by atomic mass is 35.5. The number of aryl methyl sites for hydroxylation is 1. The third-order valence-corrected chi connectivity index (χ3v) is 3.26. The highest BCUT2D eigenvalue weighted by Gasteiger charge is 2.08. The molecule has 2 nitrogen and oxygen atoms in total. The predicted octanol–water partition coefficient (Wildman–Crippen LogP) is 4.23. The first-order valence-corrected chi connectivity index (χ1v) is 6.60. The fourth-order valence-electron chi connectivity index (χ4n) is 1.77. The van der Waals surface area contributed by atoms with Gasteiger partial charge in [0.25, 0.3) is 5.91 Å². The highest BCUT2D eigenvalue weighted by molar-refractivity contribution is 6.35. The lowest BCUT2D eigenvalue weighted by atomic mass is 10.1. The standard InChI is InChI=1S/C15H13Cl2NO/c1-10-4-2-3-5-11(10)9-18-15(19)12-6-13(16)8-14(17)7-12/h2-8H,9H2,1H3,(H,18,19). The number of halogens is 2. The van der Waals surface area contributed by atoms with Crippen molar-refractivity contribution in [2.24, 2.45) is 0 Å². The van der Waals surface area contributed by atoms with Crippen molar-refractivity contribution < 1.29 is 4.79 Å². The van der Waals surface area contributed by atoms with E-state index in [-0.39, 0.29) is 5.91 Å². The first-order valence-electron chi connectivity index (χ1n) is 5.85. The Bertz CT molecular complexity index is 591. The number of hydrogen-bond donors (Lipinski definition) is 1. The zero-order valence-electron chi connectivity index (χ0n) is 10.4. The first-order chi connectivity index (χ1) is 9.06. The minimum absolute atomic E-state index is 0.187. The molecule has 2 aromatic carbocycles. The first kappa shape index (κ1) is 13.9. The summed E-state index contributed by atoms with van der Waals surface area (Å²) in [7, 11) is 0. The molecule has 0 bridgehead atoms. The van der Waals surface area contributed by atoms with Gasteiger partial charge in [-0.1, -0.05) is 47.5 Å². The van der Waals surface area contributed by atoms with Gasteiger partial charge in [-0.3, -0.25) is 4.79 Å². The van der Waals surface area contributed by atoms with Crippen LogP contribution in [0.3, 0.4) is 0 Å². The lowest BCUT2D eigenvalue weighted by molar-refractivity contribution is 0.0951. The Balaban J connectivity index is 2.08. The second kappa shape index (κ2) is 6.09. The van der Waals surface area contributed by atoms with E-state index in [0.717, 1.165) is 11.1 Å². The Kier molecular flexibility index (Phi) is 4.46. The molecule has 98 valence electrons. The Morgan fingerprint density at radius 1 is 1.11 bits per heavy atom. The van der Waals surface area contributed by atoms with Crippen molar-refractivity contribution in [3.05, 3.63) is 69.2 Å². The number of hydrogen-bond acceptors (Lipinski definition) is 1. The quantitative estimate of drug-likeness (QED) is 0.901. The van der Waals surface area contributed by atoms with Crippen molar-refractivity contribution in [2.75, 3.05) is 0 Å². The minimum Gasteiger partial charge on any atom is -0.348 e. The summed E-state index contributed by atoms with van der Waals surface area (Å²) in [6, 6.07) is 12.7. The molecule has 0 spiro atoms. The number of benzene rings is 2. The monoisotopic (exact) mass is 293 g/mol. The van der Waals surface area contributed by atoms with Crippen molar-refractivity contribution in [1.29, 1.82) is 0 Å². The van der Waals surface area contributed by atoms with Crippen LogP contribution in [0.25, 0.3) is 0 Å². The SMILES string of the molecule is Cc1ccccc1CNC(=O)c1cc(Cl)cc(Cl)c1. The number of rotatable bonds is 3. The Morgan fingerprint density at radius 3 is 2.37 bits per heavy atom. The molecule has 0 saturated carbocycles. The van der Waals surface area contributed by atoms with E-state index in [2.05, 4.69) is 5.32 Å². The molecular weight excluding hydrogens is 281 g/mol. The molecule has 0 aliphatic rings. The maximum atomic E-state index is 12.0. The Hall–Kier alpha value is -1.51. The molecule has 0 aromatic heterocycles. The van der Waals surface area contributed by atoms with Gasteiger partial charge in [-0.2, -0.15) is 0 Å². The van der Waals surface area contributed by atoms with E-state index >= 15 is 0 Å². The summed E-state index contributed by atoms with van der Waals surface area (Å²) in [5, 5.41) is 3.76. The van der Waals surface area contributed by atoms with Crippen LogP contribution in [0.4, 0.5) is 0 Å². The fourth-order valence-corrected chi connectivity index (χ4v) is 2.30. The molecule has 0 unspecified atom stereocenters. The van der Waals surface area contributed by atoms with Gasteiger partial charge in [0, 0.05) is 22.2 Å². The smallest absolute Gasteiger partial charge is 0.251 e. The predicted molar refractivity (Wildman–Crippen MR) is 78.8 cm³/mol. The minimum atomic E-state index is -0.187. The molecule has 0 saturated heterocycles. The van der Waals surface area contributed by atoms with Gasteiger partial charge in [0.2, 0.25) is 0 Å². The van der Waals surface area contributed by atoms with Crippen molar-refractivity contribution in [3.8, 4) is 0 Å². The van der Waals surface area contributed by atoms with Gasteiger partial charge in [0.15, 0.2) is 0 Å². The topological polar surface area (TPSA) is 29.1 Å². The second-order valence-electron chi connectivity index (χ2n) is 4.27. The maximum absolute atomic E-state index is 12.0. The molecule has 0 atom stereocenters. The van der Waals surface area contributed by atoms with E-state index < -0.39 is 0 Å². The number of nitrogens with one attached hydrogen (secondary N) is 1. The zero-order chi connectivity index (χ0) is 13.8. The van der Waals surface area contributed by atoms with Gasteiger partial charge < -0.3 is 5.32 Å². The van der Waals surface area contributed by atoms with Crippen LogP contribution < -0.4 is 5.32 Å². The summed E-state index contributed by atoms with van der Waals surface area (Å²) in [5.41, 5.74) is 2.70. The largest absolute Gasteiger partial charge is 0.348 e. The van der Waals surface area contributed by atoms with E-state index in [9.17, 15) is 4.79 Å². The maximum Gasteiger partial charge on any atom is 0.251 e. The van der Waals surface area contributed by atoms with E-state index in [0.29, 0.717) is 22.2 Å². The van der Waals surface area contributed by atoms with Crippen LogP contribution >= 0.6 is 23.2 Å². The number of carbonyl (C=O) groups excluding carboxylic acids is 1. The average Bonchev–Trinajstić information content (AvgIpc) is 2.36. The van der Waals surface area contributed by atoms with Crippen LogP contribution in [0.2, 0.25) is 10.0 Å². The molecule has 2 aromatic rings. The summed E-state index contributed by atoms with van der Waals surface area (Å²) in [5.74, 6) is -0.187. The van der Waals surface area contributed by atoms with Crippen molar-refractivity contribution >= 4 is 29.1 Å². The van der Waals surface area contributed by atoms with Crippen molar-refractivity contribution in [3.63, 3.8) is 0 Å². The number of amides is 1. The van der Waals surface area contributed by atoms with E-state index in [4.69, 9.17) is 23.2 Å². The molecule has 4 heteroatoms. The van der Waals surface area contributed by atoms with Gasteiger partial charge in [0.05, 0.1) is 0 Å². The normalized spacial score (nSPS) is 10.3. The van der Waals surface area contributed by atoms with Crippen LogP contribution in [0.1, 0.15) is 21.5 Å². The molecule has 0 aliphatic heterocycles. The molecule has 19 heavy (non-hydrogen) atoms. The summed E-state index contributed by atoms with van der Waals surface area (Å²) in [6.45, 7) is 2.49. The Labute approximate surface area is 122 Å². The van der Waals surface area contributed by atoms with Gasteiger partial charge in [0.1, 0.15) is 0 Å². The molecule has 0 radical (unpaired) electrons. The van der Waals surface area contributed by atoms with Crippen LogP contribution in [0.15, 0.2) is 42.5 Å². The highest BCUT2D eigenvalue weighted by Crippen LogP contribution is 2.19. The van der Waals surface area contributed by atoms with Gasteiger partial charge in [-0.15, -0.1) is 0 Å². The van der Waals surface area contributed by atoms with E-state index in [1.807, 2.05) is 31.2 Å². The zero-order valence-corrected chi connectivity index (χ0v) is 11.9. The van der Waals surface area contributed by atoms with Crippen LogP contribution in [0, 0.1) is 6.92 Å².